The van der Waals surface area contributed by atoms with Crippen LogP contribution in [0.4, 0.5) is 0 Å². The number of fused-ring (bicyclic) bond motifs is 1. The van der Waals surface area contributed by atoms with Gasteiger partial charge in [-0.1, -0.05) is 11.6 Å². The summed E-state index contributed by atoms with van der Waals surface area (Å²) in [5.41, 5.74) is 1.93. The molecular weight excluding hydrogens is 292 g/mol. The molecule has 0 aliphatic heterocycles. The molecule has 0 atom stereocenters. The van der Waals surface area contributed by atoms with E-state index in [1.807, 2.05) is 11.4 Å². The number of hydrogen-bond acceptors (Lipinski definition) is 4. The van der Waals surface area contributed by atoms with Crippen molar-refractivity contribution in [1.29, 1.82) is 0 Å². The summed E-state index contributed by atoms with van der Waals surface area (Å²) in [7, 11) is 1.57. The van der Waals surface area contributed by atoms with Gasteiger partial charge in [0.1, 0.15) is 27.2 Å². The van der Waals surface area contributed by atoms with E-state index in [0.29, 0.717) is 27.7 Å². The Hall–Kier alpha value is -2.09. The van der Waals surface area contributed by atoms with Gasteiger partial charge in [-0.3, -0.25) is 0 Å². The maximum Gasteiger partial charge on any atom is 0.143 e. The standard InChI is InChI=1S/C15H8ClN2OS/c1-3-10-8-20-15(17-10)11-6-4-9-5-7-12(19-2)13(16)14(9)18-11/h1,5-8H,2H3. The number of pyridine rings is 1. The van der Waals surface area contributed by atoms with Gasteiger partial charge in [0.05, 0.1) is 12.6 Å². The number of nitrogens with zero attached hydrogens (tertiary/aromatic N) is 2. The largest absolute Gasteiger partial charge is 0.495 e. The summed E-state index contributed by atoms with van der Waals surface area (Å²) in [5, 5.41) is 3.86. The van der Waals surface area contributed by atoms with Gasteiger partial charge in [-0.05, 0) is 30.2 Å². The predicted molar refractivity (Wildman–Crippen MR) is 81.2 cm³/mol. The van der Waals surface area contributed by atoms with Gasteiger partial charge in [0.25, 0.3) is 0 Å². The molecule has 0 aliphatic rings. The summed E-state index contributed by atoms with van der Waals surface area (Å²) < 4.78 is 5.19. The fraction of sp³-hybridized carbons (Fsp3) is 0.0667. The van der Waals surface area contributed by atoms with Gasteiger partial charge in [-0.15, -0.1) is 17.8 Å². The zero-order valence-electron chi connectivity index (χ0n) is 10.5. The van der Waals surface area contributed by atoms with Crippen molar-refractivity contribution in [3.63, 3.8) is 0 Å². The van der Waals surface area contributed by atoms with Gasteiger partial charge in [-0.25, -0.2) is 9.97 Å². The number of terminal acetylenes is 1. The van der Waals surface area contributed by atoms with E-state index in [-0.39, 0.29) is 0 Å². The summed E-state index contributed by atoms with van der Waals surface area (Å²) in [6, 6.07) is 8.59. The Morgan fingerprint density at radius 3 is 2.95 bits per heavy atom. The van der Waals surface area contributed by atoms with Gasteiger partial charge < -0.3 is 4.74 Å². The van der Waals surface area contributed by atoms with Crippen LogP contribution in [-0.2, 0) is 0 Å². The fourth-order valence-electron chi connectivity index (χ4n) is 1.80. The Kier molecular flexibility index (Phi) is 3.31. The van der Waals surface area contributed by atoms with Crippen LogP contribution < -0.4 is 4.74 Å². The van der Waals surface area contributed by atoms with E-state index < -0.39 is 0 Å². The molecule has 3 rings (SSSR count). The van der Waals surface area contributed by atoms with E-state index in [2.05, 4.69) is 22.0 Å². The summed E-state index contributed by atoms with van der Waals surface area (Å²) >= 11 is 7.72. The fourth-order valence-corrected chi connectivity index (χ4v) is 2.80. The molecule has 0 N–H and O–H groups in total. The zero-order valence-corrected chi connectivity index (χ0v) is 12.0. The highest BCUT2D eigenvalue weighted by Gasteiger charge is 2.11. The second-order valence-electron chi connectivity index (χ2n) is 3.95. The minimum Gasteiger partial charge on any atom is -0.495 e. The van der Waals surface area contributed by atoms with Crippen LogP contribution >= 0.6 is 22.9 Å². The first-order chi connectivity index (χ1) is 9.72. The van der Waals surface area contributed by atoms with Crippen LogP contribution in [0, 0.1) is 18.4 Å². The molecule has 2 aromatic heterocycles. The molecule has 97 valence electrons. The number of thiazole rings is 1. The van der Waals surface area contributed by atoms with Crippen molar-refractivity contribution in [3.05, 3.63) is 40.4 Å². The van der Waals surface area contributed by atoms with Crippen molar-refractivity contribution in [1.82, 2.24) is 9.97 Å². The average Bonchev–Trinajstić information content (AvgIpc) is 2.96. The maximum absolute atomic E-state index is 6.28. The topological polar surface area (TPSA) is 35.0 Å². The predicted octanol–water partition coefficient (Wildman–Crippen LogP) is 3.80. The van der Waals surface area contributed by atoms with E-state index in [9.17, 15) is 0 Å². The number of hydrogen-bond donors (Lipinski definition) is 0. The molecule has 1 aromatic carbocycles. The number of ether oxygens (including phenoxy) is 1. The molecule has 5 heteroatoms. The zero-order chi connectivity index (χ0) is 14.1. The first-order valence-corrected chi connectivity index (χ1v) is 6.96. The van der Waals surface area contributed by atoms with Gasteiger partial charge in [0.2, 0.25) is 0 Å². The second kappa shape index (κ2) is 5.12. The van der Waals surface area contributed by atoms with Gasteiger partial charge in [0.15, 0.2) is 0 Å². The Bertz CT molecular complexity index is 835. The highest BCUT2D eigenvalue weighted by Crippen LogP contribution is 2.33. The van der Waals surface area contributed by atoms with Crippen LogP contribution in [0.3, 0.4) is 0 Å². The molecule has 0 fully saturated rings. The summed E-state index contributed by atoms with van der Waals surface area (Å²) in [6.45, 7) is 0. The van der Waals surface area contributed by atoms with Crippen molar-refractivity contribution in [2.45, 2.75) is 0 Å². The van der Waals surface area contributed by atoms with Crippen molar-refractivity contribution in [3.8, 4) is 28.8 Å². The van der Waals surface area contributed by atoms with Crippen LogP contribution in [0.1, 0.15) is 5.69 Å². The van der Waals surface area contributed by atoms with Crippen LogP contribution in [0.15, 0.2) is 23.6 Å². The third kappa shape index (κ3) is 2.11. The molecule has 0 bridgehead atoms. The lowest BCUT2D eigenvalue weighted by molar-refractivity contribution is 0.415. The lowest BCUT2D eigenvalue weighted by Crippen LogP contribution is -1.90. The third-order valence-electron chi connectivity index (χ3n) is 2.77. The first kappa shape index (κ1) is 12.9. The Morgan fingerprint density at radius 1 is 1.40 bits per heavy atom. The number of rotatable bonds is 2. The number of halogens is 1. The van der Waals surface area contributed by atoms with Crippen LogP contribution in [-0.4, -0.2) is 17.1 Å². The number of methoxy groups -OCH3 is 1. The lowest BCUT2D eigenvalue weighted by Gasteiger charge is -2.06. The molecule has 0 unspecified atom stereocenters. The SMILES string of the molecule is C#Cc1csc(-c2c[c]c3ccc(OC)c(Cl)c3n2)n1. The van der Waals surface area contributed by atoms with Gasteiger partial charge in [0, 0.05) is 10.8 Å². The minimum atomic E-state index is 0.469. The summed E-state index contributed by atoms with van der Waals surface area (Å²) in [5.74, 6) is 3.08. The molecule has 1 radical (unpaired) electrons. The minimum absolute atomic E-state index is 0.469. The lowest BCUT2D eigenvalue weighted by atomic mass is 10.2. The van der Waals surface area contributed by atoms with Crippen molar-refractivity contribution in [2.75, 3.05) is 7.11 Å². The normalized spacial score (nSPS) is 10.4. The Morgan fingerprint density at radius 2 is 2.25 bits per heavy atom. The van der Waals surface area contributed by atoms with Crippen molar-refractivity contribution < 1.29 is 4.74 Å². The van der Waals surface area contributed by atoms with Crippen LogP contribution in [0.2, 0.25) is 5.02 Å². The van der Waals surface area contributed by atoms with Crippen molar-refractivity contribution in [2.24, 2.45) is 0 Å². The Labute approximate surface area is 125 Å². The molecule has 20 heavy (non-hydrogen) atoms. The quantitative estimate of drug-likeness (QED) is 0.675. The molecule has 0 saturated heterocycles. The van der Waals surface area contributed by atoms with Crippen molar-refractivity contribution >= 4 is 33.8 Å². The van der Waals surface area contributed by atoms with Gasteiger partial charge >= 0.3 is 0 Å². The van der Waals surface area contributed by atoms with E-state index in [4.69, 9.17) is 22.8 Å². The molecule has 3 aromatic rings. The van der Waals surface area contributed by atoms with E-state index >= 15 is 0 Å². The van der Waals surface area contributed by atoms with Crippen LogP contribution in [0.5, 0.6) is 5.75 Å². The van der Waals surface area contributed by atoms with Crippen LogP contribution in [0.25, 0.3) is 21.6 Å². The number of benzene rings is 1. The Balaban J connectivity index is 2.19. The number of aromatic nitrogens is 2. The van der Waals surface area contributed by atoms with E-state index in [1.54, 1.807) is 19.2 Å². The molecular formula is C15H8ClN2OS. The molecule has 2 heterocycles. The molecule has 0 saturated carbocycles. The average molecular weight is 300 g/mol. The maximum atomic E-state index is 6.28. The van der Waals surface area contributed by atoms with E-state index in [1.165, 1.54) is 11.3 Å². The molecule has 0 aliphatic carbocycles. The monoisotopic (exact) mass is 299 g/mol. The smallest absolute Gasteiger partial charge is 0.143 e. The summed E-state index contributed by atoms with van der Waals surface area (Å²) in [4.78, 5) is 8.84. The highest BCUT2D eigenvalue weighted by atomic mass is 35.5. The second-order valence-corrected chi connectivity index (χ2v) is 5.18. The molecule has 0 amide bonds. The highest BCUT2D eigenvalue weighted by molar-refractivity contribution is 7.13. The molecule has 0 spiro atoms. The molecule has 3 nitrogen and oxygen atoms in total. The summed E-state index contributed by atoms with van der Waals surface area (Å²) in [6.07, 6.45) is 5.32. The van der Waals surface area contributed by atoms with E-state index in [0.717, 1.165) is 10.4 Å². The van der Waals surface area contributed by atoms with Gasteiger partial charge in [-0.2, -0.15) is 0 Å². The first-order valence-electron chi connectivity index (χ1n) is 5.70. The third-order valence-corrected chi connectivity index (χ3v) is 4.00.